The van der Waals surface area contributed by atoms with E-state index in [1.807, 2.05) is 25.5 Å². The molecular weight excluding hydrogens is 376 g/mol. The normalized spacial score (nSPS) is 15.6. The number of fused-ring (bicyclic) bond motifs is 1. The van der Waals surface area contributed by atoms with Crippen LogP contribution >= 0.6 is 0 Å². The van der Waals surface area contributed by atoms with Gasteiger partial charge in [0.1, 0.15) is 5.82 Å². The minimum atomic E-state index is -3.52. The van der Waals surface area contributed by atoms with Gasteiger partial charge in [-0.25, -0.2) is 13.4 Å². The van der Waals surface area contributed by atoms with E-state index < -0.39 is 10.0 Å². The van der Waals surface area contributed by atoms with Crippen LogP contribution in [-0.4, -0.2) is 47.3 Å². The van der Waals surface area contributed by atoms with Gasteiger partial charge in [-0.15, -0.1) is 0 Å². The third kappa shape index (κ3) is 4.22. The lowest BCUT2D eigenvalue weighted by Gasteiger charge is -2.18. The highest BCUT2D eigenvalue weighted by atomic mass is 32.2. The molecule has 3 rings (SSSR count). The van der Waals surface area contributed by atoms with Gasteiger partial charge in [0.15, 0.2) is 0 Å². The molecule has 1 amide bonds. The molecule has 28 heavy (non-hydrogen) atoms. The third-order valence-electron chi connectivity index (χ3n) is 5.58. The van der Waals surface area contributed by atoms with E-state index in [-0.39, 0.29) is 10.8 Å². The van der Waals surface area contributed by atoms with Crippen LogP contribution in [0.15, 0.2) is 23.1 Å². The van der Waals surface area contributed by atoms with Crippen molar-refractivity contribution in [3.63, 3.8) is 0 Å². The lowest BCUT2D eigenvalue weighted by molar-refractivity contribution is -0.121. The fraction of sp³-hybridized carbons (Fsp3) is 0.600. The number of hydrogen-bond donors (Lipinski definition) is 1. The Labute approximate surface area is 167 Å². The largest absolute Gasteiger partial charge is 0.353 e. The van der Waals surface area contributed by atoms with Gasteiger partial charge in [0.05, 0.1) is 15.9 Å². The number of sulfonamides is 1. The van der Waals surface area contributed by atoms with Crippen LogP contribution in [0, 0.1) is 0 Å². The Kier molecular flexibility index (Phi) is 6.40. The summed E-state index contributed by atoms with van der Waals surface area (Å²) in [6.07, 6.45) is 5.44. The van der Waals surface area contributed by atoms with Crippen LogP contribution in [0.2, 0.25) is 0 Å². The first-order chi connectivity index (χ1) is 13.4. The van der Waals surface area contributed by atoms with E-state index in [0.717, 1.165) is 24.2 Å². The number of aromatic nitrogens is 2. The van der Waals surface area contributed by atoms with Crippen molar-refractivity contribution in [1.82, 2.24) is 19.2 Å². The lowest BCUT2D eigenvalue weighted by atomic mass is 10.2. The smallest absolute Gasteiger partial charge is 0.243 e. The summed E-state index contributed by atoms with van der Waals surface area (Å²) < 4.78 is 28.9. The van der Waals surface area contributed by atoms with Crippen molar-refractivity contribution in [3.8, 4) is 0 Å². The maximum atomic E-state index is 12.7. The summed E-state index contributed by atoms with van der Waals surface area (Å²) in [7, 11) is -1.61. The van der Waals surface area contributed by atoms with Gasteiger partial charge in [-0.1, -0.05) is 26.7 Å². The SMILES string of the molecule is CCN(CC)S(=O)(=O)c1ccc2c(c1)nc(CCC(=O)NC1CCCC1)n2C. The molecule has 1 aliphatic rings. The highest BCUT2D eigenvalue weighted by Crippen LogP contribution is 2.23. The van der Waals surface area contributed by atoms with Crippen LogP contribution in [0.25, 0.3) is 11.0 Å². The first-order valence-corrected chi connectivity index (χ1v) is 11.6. The second-order valence-electron chi connectivity index (χ2n) is 7.38. The number of hydrogen-bond acceptors (Lipinski definition) is 4. The summed E-state index contributed by atoms with van der Waals surface area (Å²) in [5, 5.41) is 3.10. The number of nitrogens with one attached hydrogen (secondary N) is 1. The highest BCUT2D eigenvalue weighted by Gasteiger charge is 2.23. The lowest BCUT2D eigenvalue weighted by Crippen LogP contribution is -2.32. The molecule has 0 bridgehead atoms. The first-order valence-electron chi connectivity index (χ1n) is 10.1. The summed E-state index contributed by atoms with van der Waals surface area (Å²) in [6.45, 7) is 4.52. The van der Waals surface area contributed by atoms with Gasteiger partial charge >= 0.3 is 0 Å². The fourth-order valence-electron chi connectivity index (χ4n) is 3.92. The van der Waals surface area contributed by atoms with Crippen molar-refractivity contribution in [2.24, 2.45) is 7.05 Å². The zero-order chi connectivity index (χ0) is 20.3. The molecule has 0 spiro atoms. The molecule has 1 aromatic carbocycles. The van der Waals surface area contributed by atoms with Crippen molar-refractivity contribution in [1.29, 1.82) is 0 Å². The zero-order valence-electron chi connectivity index (χ0n) is 16.9. The van der Waals surface area contributed by atoms with Crippen molar-refractivity contribution in [2.45, 2.75) is 63.3 Å². The quantitative estimate of drug-likeness (QED) is 0.730. The second-order valence-corrected chi connectivity index (χ2v) is 9.31. The highest BCUT2D eigenvalue weighted by molar-refractivity contribution is 7.89. The predicted molar refractivity (Wildman–Crippen MR) is 110 cm³/mol. The Balaban J connectivity index is 1.76. The molecule has 1 heterocycles. The number of rotatable bonds is 8. The van der Waals surface area contributed by atoms with Crippen molar-refractivity contribution < 1.29 is 13.2 Å². The number of carbonyl (C=O) groups excluding carboxylic acids is 1. The summed E-state index contributed by atoms with van der Waals surface area (Å²) in [5.41, 5.74) is 1.51. The second kappa shape index (κ2) is 8.61. The van der Waals surface area contributed by atoms with Crippen molar-refractivity contribution in [3.05, 3.63) is 24.0 Å². The molecule has 1 saturated carbocycles. The minimum Gasteiger partial charge on any atom is -0.353 e. The molecular formula is C20H30N4O3S. The molecule has 1 fully saturated rings. The molecule has 0 aliphatic heterocycles. The molecule has 2 aromatic rings. The predicted octanol–water partition coefficient (Wildman–Crippen LogP) is 2.60. The Hall–Kier alpha value is -1.93. The van der Waals surface area contributed by atoms with E-state index in [1.165, 1.54) is 17.1 Å². The molecule has 1 aliphatic carbocycles. The molecule has 1 N–H and O–H groups in total. The third-order valence-corrected chi connectivity index (χ3v) is 7.63. The van der Waals surface area contributed by atoms with Gasteiger partial charge in [0, 0.05) is 39.0 Å². The molecule has 154 valence electrons. The molecule has 0 radical (unpaired) electrons. The number of nitrogens with zero attached hydrogens (tertiary/aromatic N) is 3. The van der Waals surface area contributed by atoms with E-state index in [4.69, 9.17) is 0 Å². The number of carbonyl (C=O) groups is 1. The van der Waals surface area contributed by atoms with E-state index in [0.29, 0.717) is 37.5 Å². The Bertz CT molecular complexity index is 942. The average molecular weight is 407 g/mol. The van der Waals surface area contributed by atoms with Gasteiger partial charge in [-0.2, -0.15) is 4.31 Å². The van der Waals surface area contributed by atoms with Crippen LogP contribution in [0.4, 0.5) is 0 Å². The molecule has 7 nitrogen and oxygen atoms in total. The van der Waals surface area contributed by atoms with Crippen molar-refractivity contribution in [2.75, 3.05) is 13.1 Å². The Morgan fingerprint density at radius 1 is 1.25 bits per heavy atom. The summed E-state index contributed by atoms with van der Waals surface area (Å²) in [5.74, 6) is 0.845. The van der Waals surface area contributed by atoms with Gasteiger partial charge < -0.3 is 9.88 Å². The van der Waals surface area contributed by atoms with Crippen molar-refractivity contribution >= 4 is 27.0 Å². The fourth-order valence-corrected chi connectivity index (χ4v) is 5.40. The first kappa shape index (κ1) is 20.8. The van der Waals surface area contributed by atoms with E-state index in [9.17, 15) is 13.2 Å². The summed E-state index contributed by atoms with van der Waals surface area (Å²) >= 11 is 0. The summed E-state index contributed by atoms with van der Waals surface area (Å²) in [6, 6.07) is 5.38. The van der Waals surface area contributed by atoms with Gasteiger partial charge in [0.2, 0.25) is 15.9 Å². The monoisotopic (exact) mass is 406 g/mol. The maximum Gasteiger partial charge on any atom is 0.243 e. The molecule has 8 heteroatoms. The van der Waals surface area contributed by atoms with E-state index in [1.54, 1.807) is 18.2 Å². The number of amides is 1. The van der Waals surface area contributed by atoms with E-state index in [2.05, 4.69) is 10.3 Å². The Morgan fingerprint density at radius 3 is 2.57 bits per heavy atom. The topological polar surface area (TPSA) is 84.3 Å². The van der Waals surface area contributed by atoms with E-state index >= 15 is 0 Å². The maximum absolute atomic E-state index is 12.7. The molecule has 1 aromatic heterocycles. The molecule has 0 saturated heterocycles. The molecule has 0 unspecified atom stereocenters. The van der Waals surface area contributed by atoms with Crippen LogP contribution < -0.4 is 5.32 Å². The minimum absolute atomic E-state index is 0.0590. The van der Waals surface area contributed by atoms with Crippen LogP contribution in [0.3, 0.4) is 0 Å². The number of aryl methyl sites for hydroxylation is 2. The average Bonchev–Trinajstić information content (AvgIpc) is 3.28. The number of imidazole rings is 1. The van der Waals surface area contributed by atoms with Crippen LogP contribution in [-0.2, 0) is 28.3 Å². The van der Waals surface area contributed by atoms with Gasteiger partial charge in [0.25, 0.3) is 0 Å². The Morgan fingerprint density at radius 2 is 1.93 bits per heavy atom. The van der Waals surface area contributed by atoms with Gasteiger partial charge in [-0.05, 0) is 31.0 Å². The zero-order valence-corrected chi connectivity index (χ0v) is 17.8. The number of benzene rings is 1. The standard InChI is InChI=1S/C20H30N4O3S/c1-4-24(5-2)28(26,27)16-10-11-18-17(14-16)22-19(23(18)3)12-13-20(25)21-15-8-6-7-9-15/h10-11,14-15H,4-9,12-13H2,1-3H3,(H,21,25). The van der Waals surface area contributed by atoms with Crippen LogP contribution in [0.1, 0.15) is 51.8 Å². The molecule has 0 atom stereocenters. The van der Waals surface area contributed by atoms with Gasteiger partial charge in [-0.3, -0.25) is 4.79 Å². The summed E-state index contributed by atoms with van der Waals surface area (Å²) in [4.78, 5) is 17.1. The van der Waals surface area contributed by atoms with Crippen LogP contribution in [0.5, 0.6) is 0 Å².